The number of hydrogen-bond donors (Lipinski definition) is 0. The molecule has 22 heavy (non-hydrogen) atoms. The van der Waals surface area contributed by atoms with Crippen molar-refractivity contribution < 1.29 is 30.6 Å². The molecule has 1 heterocycles. The van der Waals surface area contributed by atoms with Gasteiger partial charge in [-0.3, -0.25) is 13.9 Å². The van der Waals surface area contributed by atoms with E-state index in [1.807, 2.05) is 6.07 Å². The van der Waals surface area contributed by atoms with Crippen LogP contribution in [0.15, 0.2) is 30.3 Å². The normalized spacial score (nSPS) is 21.0. The monoisotopic (exact) mass is 337 g/mol. The molecule has 1 aliphatic rings. The van der Waals surface area contributed by atoms with Gasteiger partial charge in [0.2, 0.25) is 0 Å². The Labute approximate surface area is 125 Å². The Hall–Kier alpha value is -1.45. The minimum atomic E-state index is -5.70. The second-order valence-electron chi connectivity index (χ2n) is 5.02. The zero-order valence-electron chi connectivity index (χ0n) is 11.4. The van der Waals surface area contributed by atoms with Crippen molar-refractivity contribution in [2.75, 3.05) is 13.1 Å². The highest BCUT2D eigenvalue weighted by atomic mass is 32.2. The van der Waals surface area contributed by atoms with Crippen molar-refractivity contribution in [3.8, 4) is 0 Å². The highest BCUT2D eigenvalue weighted by Gasteiger charge is 2.49. The molecule has 0 saturated carbocycles. The molecular weight excluding hydrogens is 323 g/mol. The average molecular weight is 337 g/mol. The molecule has 0 spiro atoms. The van der Waals surface area contributed by atoms with E-state index in [2.05, 4.69) is 4.18 Å². The molecule has 9 heteroatoms. The standard InChI is InChI=1S/C13H14F3NO4S/c14-13(15,16)22(19,20)21-12-6-11(18)8-17(9-12)7-10-4-2-1-3-5-10/h1-5,12H,6-9H2. The first-order chi connectivity index (χ1) is 10.2. The number of benzene rings is 1. The van der Waals surface area contributed by atoms with Crippen LogP contribution in [0.4, 0.5) is 13.2 Å². The van der Waals surface area contributed by atoms with Gasteiger partial charge in [-0.1, -0.05) is 30.3 Å². The summed E-state index contributed by atoms with van der Waals surface area (Å²) in [6.07, 6.45) is -1.67. The molecule has 1 aliphatic heterocycles. The number of alkyl halides is 3. The molecule has 1 atom stereocenters. The summed E-state index contributed by atoms with van der Waals surface area (Å²) in [5.41, 5.74) is -4.62. The maximum Gasteiger partial charge on any atom is 0.523 e. The number of carbonyl (C=O) groups is 1. The van der Waals surface area contributed by atoms with Crippen LogP contribution >= 0.6 is 0 Å². The number of nitrogens with zero attached hydrogens (tertiary/aromatic N) is 1. The second-order valence-corrected chi connectivity index (χ2v) is 6.58. The van der Waals surface area contributed by atoms with Crippen LogP contribution < -0.4 is 0 Å². The van der Waals surface area contributed by atoms with Gasteiger partial charge in [0.05, 0.1) is 12.6 Å². The van der Waals surface area contributed by atoms with Crippen molar-refractivity contribution in [1.82, 2.24) is 4.90 Å². The van der Waals surface area contributed by atoms with Crippen LogP contribution in [0, 0.1) is 0 Å². The third-order valence-electron chi connectivity index (χ3n) is 3.11. The third kappa shape index (κ3) is 4.28. The lowest BCUT2D eigenvalue weighted by atomic mass is 10.1. The average Bonchev–Trinajstić information content (AvgIpc) is 2.37. The SMILES string of the molecule is O=C1CC(OS(=O)(=O)C(F)(F)F)CN(Cc2ccccc2)C1. The van der Waals surface area contributed by atoms with E-state index >= 15 is 0 Å². The Kier molecular flexibility index (Phi) is 4.88. The highest BCUT2D eigenvalue weighted by Crippen LogP contribution is 2.27. The molecule has 0 amide bonds. The predicted molar refractivity (Wildman–Crippen MR) is 71.2 cm³/mol. The molecule has 5 nitrogen and oxygen atoms in total. The molecular formula is C13H14F3NO4S. The molecule has 1 fully saturated rings. The summed E-state index contributed by atoms with van der Waals surface area (Å²) in [6.45, 7) is 0.329. The van der Waals surface area contributed by atoms with Gasteiger partial charge >= 0.3 is 15.6 Å². The molecule has 0 aromatic heterocycles. The molecule has 1 saturated heterocycles. The first-order valence-corrected chi connectivity index (χ1v) is 7.86. The number of hydrogen-bond acceptors (Lipinski definition) is 5. The zero-order chi connectivity index (χ0) is 16.4. The highest BCUT2D eigenvalue weighted by molar-refractivity contribution is 7.87. The lowest BCUT2D eigenvalue weighted by Gasteiger charge is -2.31. The Morgan fingerprint density at radius 2 is 1.86 bits per heavy atom. The Morgan fingerprint density at radius 3 is 2.45 bits per heavy atom. The van der Waals surface area contributed by atoms with Crippen LogP contribution in [0.25, 0.3) is 0 Å². The van der Waals surface area contributed by atoms with Gasteiger partial charge in [0.1, 0.15) is 5.78 Å². The topological polar surface area (TPSA) is 63.7 Å². The van der Waals surface area contributed by atoms with Crippen molar-refractivity contribution in [1.29, 1.82) is 0 Å². The Morgan fingerprint density at radius 1 is 1.23 bits per heavy atom. The van der Waals surface area contributed by atoms with E-state index in [1.165, 1.54) is 0 Å². The minimum Gasteiger partial charge on any atom is -0.298 e. The number of carbonyl (C=O) groups excluding carboxylic acids is 1. The summed E-state index contributed by atoms with van der Waals surface area (Å²) in [6, 6.07) is 9.02. The predicted octanol–water partition coefficient (Wildman–Crippen LogP) is 1.70. The van der Waals surface area contributed by atoms with E-state index in [9.17, 15) is 26.4 Å². The van der Waals surface area contributed by atoms with Crippen LogP contribution in [0.1, 0.15) is 12.0 Å². The molecule has 1 aromatic carbocycles. The fourth-order valence-corrected chi connectivity index (χ4v) is 2.84. The minimum absolute atomic E-state index is 0.0564. The number of Topliss-reactive ketones (excluding diaryl/α,β-unsaturated/α-hetero) is 1. The van der Waals surface area contributed by atoms with Crippen molar-refractivity contribution in [2.24, 2.45) is 0 Å². The van der Waals surface area contributed by atoms with Crippen LogP contribution in [0.2, 0.25) is 0 Å². The molecule has 2 rings (SSSR count). The smallest absolute Gasteiger partial charge is 0.298 e. The van der Waals surface area contributed by atoms with Gasteiger partial charge in [-0.25, -0.2) is 0 Å². The molecule has 0 bridgehead atoms. The fourth-order valence-electron chi connectivity index (χ4n) is 2.25. The summed E-state index contributed by atoms with van der Waals surface area (Å²) >= 11 is 0. The van der Waals surface area contributed by atoms with E-state index in [0.29, 0.717) is 6.54 Å². The van der Waals surface area contributed by atoms with E-state index in [-0.39, 0.29) is 25.3 Å². The number of piperidine rings is 1. The van der Waals surface area contributed by atoms with E-state index in [0.717, 1.165) is 5.56 Å². The van der Waals surface area contributed by atoms with Crippen LogP contribution in [-0.2, 0) is 25.6 Å². The molecule has 0 aliphatic carbocycles. The maximum absolute atomic E-state index is 12.3. The van der Waals surface area contributed by atoms with Crippen LogP contribution in [0.3, 0.4) is 0 Å². The van der Waals surface area contributed by atoms with E-state index in [4.69, 9.17) is 0 Å². The molecule has 0 N–H and O–H groups in total. The number of likely N-dealkylation sites (tertiary alicyclic amines) is 1. The molecule has 0 radical (unpaired) electrons. The van der Waals surface area contributed by atoms with Gasteiger partial charge in [-0.05, 0) is 5.56 Å². The maximum atomic E-state index is 12.3. The first-order valence-electron chi connectivity index (χ1n) is 6.45. The van der Waals surface area contributed by atoms with Gasteiger partial charge in [-0.2, -0.15) is 21.6 Å². The van der Waals surface area contributed by atoms with E-state index < -0.39 is 21.7 Å². The number of ketones is 1. The largest absolute Gasteiger partial charge is 0.523 e. The summed E-state index contributed by atoms with van der Waals surface area (Å²) in [7, 11) is -5.70. The van der Waals surface area contributed by atoms with Crippen LogP contribution in [0.5, 0.6) is 0 Å². The van der Waals surface area contributed by atoms with Gasteiger partial charge in [-0.15, -0.1) is 0 Å². The van der Waals surface area contributed by atoms with E-state index in [1.54, 1.807) is 29.2 Å². The summed E-state index contributed by atoms with van der Waals surface area (Å²) < 4.78 is 63.2. The van der Waals surface area contributed by atoms with Crippen molar-refractivity contribution in [3.05, 3.63) is 35.9 Å². The van der Waals surface area contributed by atoms with Crippen molar-refractivity contribution in [3.63, 3.8) is 0 Å². The van der Waals surface area contributed by atoms with Gasteiger partial charge in [0.15, 0.2) is 0 Å². The van der Waals surface area contributed by atoms with Crippen molar-refractivity contribution in [2.45, 2.75) is 24.6 Å². The summed E-state index contributed by atoms with van der Waals surface area (Å²) in [5, 5.41) is 0. The number of halogens is 3. The van der Waals surface area contributed by atoms with Crippen LogP contribution in [-0.4, -0.2) is 43.8 Å². The lowest BCUT2D eigenvalue weighted by molar-refractivity contribution is -0.126. The summed E-state index contributed by atoms with van der Waals surface area (Å²) in [4.78, 5) is 13.2. The summed E-state index contributed by atoms with van der Waals surface area (Å²) in [5.74, 6) is -0.357. The van der Waals surface area contributed by atoms with Crippen molar-refractivity contribution >= 4 is 15.9 Å². The Balaban J connectivity index is 2.04. The first kappa shape index (κ1) is 16.9. The quantitative estimate of drug-likeness (QED) is 0.618. The zero-order valence-corrected chi connectivity index (χ0v) is 12.2. The molecule has 1 unspecified atom stereocenters. The van der Waals surface area contributed by atoms with Gasteiger partial charge < -0.3 is 0 Å². The molecule has 1 aromatic rings. The Bertz CT molecular complexity index is 630. The second kappa shape index (κ2) is 6.35. The number of rotatable bonds is 4. The fraction of sp³-hybridized carbons (Fsp3) is 0.462. The third-order valence-corrected chi connectivity index (χ3v) is 4.20. The molecule has 122 valence electrons. The van der Waals surface area contributed by atoms with Gasteiger partial charge in [0.25, 0.3) is 0 Å². The van der Waals surface area contributed by atoms with Gasteiger partial charge in [0, 0.05) is 19.5 Å². The lowest BCUT2D eigenvalue weighted by Crippen LogP contribution is -2.46.